The minimum absolute atomic E-state index is 0.0358. The van der Waals surface area contributed by atoms with E-state index in [1.807, 2.05) is 0 Å². The van der Waals surface area contributed by atoms with E-state index in [0.717, 1.165) is 0 Å². The number of carboxylic acid groups (broad SMARTS) is 1. The SMILES string of the molecule is CC(CC(=O)O)CC(=O)NC1CCN(C)C1=O. The van der Waals surface area contributed by atoms with Gasteiger partial charge < -0.3 is 15.3 Å². The van der Waals surface area contributed by atoms with Gasteiger partial charge in [-0.25, -0.2) is 0 Å². The summed E-state index contributed by atoms with van der Waals surface area (Å²) < 4.78 is 0. The number of amides is 2. The Morgan fingerprint density at radius 2 is 2.18 bits per heavy atom. The smallest absolute Gasteiger partial charge is 0.303 e. The Morgan fingerprint density at radius 1 is 1.53 bits per heavy atom. The molecule has 1 saturated heterocycles. The molecule has 2 atom stereocenters. The quantitative estimate of drug-likeness (QED) is 0.701. The number of hydrogen-bond donors (Lipinski definition) is 2. The Labute approximate surface area is 100.0 Å². The molecular weight excluding hydrogens is 224 g/mol. The lowest BCUT2D eigenvalue weighted by atomic mass is 10.0. The topological polar surface area (TPSA) is 86.7 Å². The monoisotopic (exact) mass is 242 g/mol. The van der Waals surface area contributed by atoms with Crippen LogP contribution in [0, 0.1) is 5.92 Å². The van der Waals surface area contributed by atoms with E-state index >= 15 is 0 Å². The van der Waals surface area contributed by atoms with Crippen molar-refractivity contribution in [3.63, 3.8) is 0 Å². The number of hydrogen-bond acceptors (Lipinski definition) is 3. The van der Waals surface area contributed by atoms with Gasteiger partial charge in [0.2, 0.25) is 11.8 Å². The molecule has 2 N–H and O–H groups in total. The summed E-state index contributed by atoms with van der Waals surface area (Å²) in [6.07, 6.45) is 0.722. The third kappa shape index (κ3) is 4.05. The van der Waals surface area contributed by atoms with Crippen molar-refractivity contribution in [3.8, 4) is 0 Å². The van der Waals surface area contributed by atoms with Gasteiger partial charge in [0.1, 0.15) is 6.04 Å². The van der Waals surface area contributed by atoms with Crippen molar-refractivity contribution in [2.24, 2.45) is 5.92 Å². The molecule has 0 aromatic heterocycles. The molecule has 2 amide bonds. The Balaban J connectivity index is 2.35. The second kappa shape index (κ2) is 5.65. The van der Waals surface area contributed by atoms with Gasteiger partial charge in [0.05, 0.1) is 0 Å². The molecule has 6 nitrogen and oxygen atoms in total. The van der Waals surface area contributed by atoms with E-state index in [2.05, 4.69) is 5.32 Å². The molecule has 1 aliphatic heterocycles. The molecule has 0 radical (unpaired) electrons. The van der Waals surface area contributed by atoms with Gasteiger partial charge in [-0.1, -0.05) is 6.92 Å². The zero-order valence-corrected chi connectivity index (χ0v) is 10.1. The molecule has 1 fully saturated rings. The van der Waals surface area contributed by atoms with E-state index in [-0.39, 0.29) is 30.6 Å². The third-order valence-corrected chi connectivity index (χ3v) is 2.82. The van der Waals surface area contributed by atoms with E-state index in [4.69, 9.17) is 5.11 Å². The van der Waals surface area contributed by atoms with Crippen LogP contribution in [0.15, 0.2) is 0 Å². The van der Waals surface area contributed by atoms with E-state index in [1.54, 1.807) is 18.9 Å². The van der Waals surface area contributed by atoms with Crippen LogP contribution in [-0.2, 0) is 14.4 Å². The lowest BCUT2D eigenvalue weighted by Gasteiger charge is -2.14. The van der Waals surface area contributed by atoms with Crippen molar-refractivity contribution < 1.29 is 19.5 Å². The highest BCUT2D eigenvalue weighted by atomic mass is 16.4. The van der Waals surface area contributed by atoms with Crippen LogP contribution in [0.4, 0.5) is 0 Å². The maximum Gasteiger partial charge on any atom is 0.303 e. The molecule has 0 spiro atoms. The van der Waals surface area contributed by atoms with Crippen molar-refractivity contribution in [1.29, 1.82) is 0 Å². The minimum Gasteiger partial charge on any atom is -0.481 e. The first-order valence-corrected chi connectivity index (χ1v) is 5.66. The molecule has 0 bridgehead atoms. The number of nitrogens with zero attached hydrogens (tertiary/aromatic N) is 1. The summed E-state index contributed by atoms with van der Waals surface area (Å²) in [5.74, 6) is -1.47. The normalized spacial score (nSPS) is 21.4. The molecule has 0 aliphatic carbocycles. The predicted molar refractivity (Wildman–Crippen MR) is 60.2 cm³/mol. The van der Waals surface area contributed by atoms with E-state index in [9.17, 15) is 14.4 Å². The average molecular weight is 242 g/mol. The molecule has 0 aromatic rings. The number of carboxylic acids is 1. The fourth-order valence-electron chi connectivity index (χ4n) is 1.90. The number of likely N-dealkylation sites (tertiary alicyclic amines) is 1. The maximum atomic E-state index is 11.6. The zero-order chi connectivity index (χ0) is 13.0. The highest BCUT2D eigenvalue weighted by molar-refractivity contribution is 5.89. The van der Waals surface area contributed by atoms with E-state index in [1.165, 1.54) is 0 Å². The lowest BCUT2D eigenvalue weighted by molar-refractivity contribution is -0.138. The number of aliphatic carboxylic acids is 1. The van der Waals surface area contributed by atoms with Gasteiger partial charge in [0.15, 0.2) is 0 Å². The van der Waals surface area contributed by atoms with Crippen LogP contribution in [0.1, 0.15) is 26.2 Å². The minimum atomic E-state index is -0.915. The van der Waals surface area contributed by atoms with Crippen LogP contribution >= 0.6 is 0 Å². The summed E-state index contributed by atoms with van der Waals surface area (Å²) in [5, 5.41) is 11.2. The Kier molecular flexibility index (Phi) is 4.48. The summed E-state index contributed by atoms with van der Waals surface area (Å²) in [4.78, 5) is 35.1. The molecule has 6 heteroatoms. The number of carbonyl (C=O) groups is 3. The molecule has 1 heterocycles. The molecule has 17 heavy (non-hydrogen) atoms. The first kappa shape index (κ1) is 13.5. The number of carbonyl (C=O) groups excluding carboxylic acids is 2. The summed E-state index contributed by atoms with van der Waals surface area (Å²) in [6.45, 7) is 2.35. The first-order valence-electron chi connectivity index (χ1n) is 5.66. The molecule has 0 aromatic carbocycles. The van der Waals surface area contributed by atoms with Crippen molar-refractivity contribution >= 4 is 17.8 Å². The molecule has 1 rings (SSSR count). The third-order valence-electron chi connectivity index (χ3n) is 2.82. The standard InChI is InChI=1S/C11H18N2O4/c1-7(6-10(15)16)5-9(14)12-8-3-4-13(2)11(8)17/h7-8H,3-6H2,1-2H3,(H,12,14)(H,15,16). The van der Waals surface area contributed by atoms with Gasteiger partial charge in [-0.2, -0.15) is 0 Å². The van der Waals surface area contributed by atoms with Gasteiger partial charge >= 0.3 is 5.97 Å². The average Bonchev–Trinajstić information content (AvgIpc) is 2.48. The largest absolute Gasteiger partial charge is 0.481 e. The molecule has 96 valence electrons. The summed E-state index contributed by atoms with van der Waals surface area (Å²) in [7, 11) is 1.70. The number of rotatable bonds is 5. The van der Waals surface area contributed by atoms with Crippen LogP contribution in [0.25, 0.3) is 0 Å². The number of nitrogens with one attached hydrogen (secondary N) is 1. The zero-order valence-electron chi connectivity index (χ0n) is 10.1. The van der Waals surface area contributed by atoms with Crippen LogP contribution in [0.3, 0.4) is 0 Å². The van der Waals surface area contributed by atoms with Crippen molar-refractivity contribution in [3.05, 3.63) is 0 Å². The highest BCUT2D eigenvalue weighted by Crippen LogP contribution is 2.11. The summed E-state index contributed by atoms with van der Waals surface area (Å²) >= 11 is 0. The Hall–Kier alpha value is -1.59. The maximum absolute atomic E-state index is 11.6. The molecule has 2 unspecified atom stereocenters. The van der Waals surface area contributed by atoms with Gasteiger partial charge in [-0.3, -0.25) is 14.4 Å². The summed E-state index contributed by atoms with van der Waals surface area (Å²) in [6, 6.07) is -0.440. The number of likely N-dealkylation sites (N-methyl/N-ethyl adjacent to an activating group) is 1. The van der Waals surface area contributed by atoms with Crippen molar-refractivity contribution in [2.45, 2.75) is 32.2 Å². The second-order valence-electron chi connectivity index (χ2n) is 4.58. The van der Waals surface area contributed by atoms with Crippen LogP contribution in [-0.4, -0.2) is 47.4 Å². The highest BCUT2D eigenvalue weighted by Gasteiger charge is 2.30. The molecule has 0 saturated carbocycles. The lowest BCUT2D eigenvalue weighted by Crippen LogP contribution is -2.41. The van der Waals surface area contributed by atoms with Crippen LogP contribution in [0.5, 0.6) is 0 Å². The Morgan fingerprint density at radius 3 is 2.65 bits per heavy atom. The predicted octanol–water partition coefficient (Wildman–Crippen LogP) is -0.166. The van der Waals surface area contributed by atoms with Crippen molar-refractivity contribution in [1.82, 2.24) is 10.2 Å². The van der Waals surface area contributed by atoms with Gasteiger partial charge in [0.25, 0.3) is 0 Å². The second-order valence-corrected chi connectivity index (χ2v) is 4.58. The van der Waals surface area contributed by atoms with E-state index < -0.39 is 12.0 Å². The molecular formula is C11H18N2O4. The van der Waals surface area contributed by atoms with Crippen molar-refractivity contribution in [2.75, 3.05) is 13.6 Å². The van der Waals surface area contributed by atoms with E-state index in [0.29, 0.717) is 13.0 Å². The fraction of sp³-hybridized carbons (Fsp3) is 0.727. The fourth-order valence-corrected chi connectivity index (χ4v) is 1.90. The van der Waals surface area contributed by atoms with Crippen LogP contribution in [0.2, 0.25) is 0 Å². The summed E-state index contributed by atoms with van der Waals surface area (Å²) in [5.41, 5.74) is 0. The van der Waals surface area contributed by atoms with Gasteiger partial charge in [-0.15, -0.1) is 0 Å². The van der Waals surface area contributed by atoms with Crippen LogP contribution < -0.4 is 5.32 Å². The Bertz CT molecular complexity index is 329. The van der Waals surface area contributed by atoms with Gasteiger partial charge in [0, 0.05) is 26.4 Å². The van der Waals surface area contributed by atoms with Gasteiger partial charge in [-0.05, 0) is 12.3 Å². The molecule has 1 aliphatic rings. The first-order chi connectivity index (χ1) is 7.90.